The number of piperidine rings is 1. The zero-order chi connectivity index (χ0) is 15.9. The van der Waals surface area contributed by atoms with E-state index in [4.69, 9.17) is 0 Å². The van der Waals surface area contributed by atoms with Gasteiger partial charge in [0.1, 0.15) is 12.7 Å². The van der Waals surface area contributed by atoms with Gasteiger partial charge in [-0.25, -0.2) is 4.98 Å². The molecular formula is C16H23N5OS. The standard InChI is InChI=1S/C16H23N5OS/c22-16(18-5-3-14-4-7-23-11-14)10-20-6-1-2-15(8-20)9-21-13-17-12-19-21/h4,7,11-13,15H,1-3,5-6,8-10H2,(H,18,22)/t15-/m1/s1. The minimum atomic E-state index is 0.127. The molecule has 6 nitrogen and oxygen atoms in total. The summed E-state index contributed by atoms with van der Waals surface area (Å²) in [6, 6.07) is 2.11. The van der Waals surface area contributed by atoms with Crippen LogP contribution in [0.15, 0.2) is 29.5 Å². The van der Waals surface area contributed by atoms with Crippen LogP contribution in [-0.2, 0) is 17.8 Å². The summed E-state index contributed by atoms with van der Waals surface area (Å²) in [6.45, 7) is 4.06. The molecule has 1 aliphatic rings. The van der Waals surface area contributed by atoms with Crippen LogP contribution in [0.4, 0.5) is 0 Å². The molecule has 7 heteroatoms. The Bertz CT molecular complexity index is 584. The summed E-state index contributed by atoms with van der Waals surface area (Å²) in [5, 5.41) is 11.4. The van der Waals surface area contributed by atoms with Gasteiger partial charge in [-0.15, -0.1) is 0 Å². The van der Waals surface area contributed by atoms with Crippen LogP contribution in [-0.4, -0.2) is 51.8 Å². The molecule has 3 heterocycles. The van der Waals surface area contributed by atoms with Crippen molar-refractivity contribution in [1.29, 1.82) is 0 Å². The molecule has 0 aromatic carbocycles. The first-order valence-electron chi connectivity index (χ1n) is 8.12. The van der Waals surface area contributed by atoms with Crippen molar-refractivity contribution < 1.29 is 4.79 Å². The third-order valence-corrected chi connectivity index (χ3v) is 4.93. The Morgan fingerprint density at radius 2 is 2.43 bits per heavy atom. The van der Waals surface area contributed by atoms with E-state index >= 15 is 0 Å². The molecular weight excluding hydrogens is 310 g/mol. The van der Waals surface area contributed by atoms with Crippen molar-refractivity contribution in [3.05, 3.63) is 35.0 Å². The van der Waals surface area contributed by atoms with Gasteiger partial charge in [-0.3, -0.25) is 14.4 Å². The molecule has 0 bridgehead atoms. The third kappa shape index (κ3) is 5.14. The van der Waals surface area contributed by atoms with Gasteiger partial charge >= 0.3 is 0 Å². The van der Waals surface area contributed by atoms with Crippen LogP contribution in [0, 0.1) is 5.92 Å². The number of nitrogens with one attached hydrogen (secondary N) is 1. The van der Waals surface area contributed by atoms with E-state index in [2.05, 4.69) is 37.1 Å². The highest BCUT2D eigenvalue weighted by Gasteiger charge is 2.22. The third-order valence-electron chi connectivity index (χ3n) is 4.20. The van der Waals surface area contributed by atoms with E-state index in [1.807, 2.05) is 4.68 Å². The molecule has 1 fully saturated rings. The lowest BCUT2D eigenvalue weighted by Gasteiger charge is -2.32. The summed E-state index contributed by atoms with van der Waals surface area (Å²) in [7, 11) is 0. The summed E-state index contributed by atoms with van der Waals surface area (Å²) in [6.07, 6.45) is 6.57. The highest BCUT2D eigenvalue weighted by molar-refractivity contribution is 7.07. The molecule has 1 N–H and O–H groups in total. The SMILES string of the molecule is O=C(CN1CCC[C@@H](Cn2cncn2)C1)NCCc1ccsc1. The van der Waals surface area contributed by atoms with Crippen molar-refractivity contribution in [2.24, 2.45) is 5.92 Å². The average Bonchev–Trinajstić information content (AvgIpc) is 3.21. The van der Waals surface area contributed by atoms with Crippen molar-refractivity contribution in [3.8, 4) is 0 Å². The number of hydrogen-bond donors (Lipinski definition) is 1. The fourth-order valence-electron chi connectivity index (χ4n) is 3.08. The highest BCUT2D eigenvalue weighted by Crippen LogP contribution is 2.17. The molecule has 1 saturated heterocycles. The Morgan fingerprint density at radius 3 is 3.22 bits per heavy atom. The molecule has 0 aliphatic carbocycles. The average molecular weight is 333 g/mol. The van der Waals surface area contributed by atoms with Gasteiger partial charge in [0.2, 0.25) is 5.91 Å². The van der Waals surface area contributed by atoms with Gasteiger partial charge in [0.05, 0.1) is 6.54 Å². The second-order valence-corrected chi connectivity index (χ2v) is 6.87. The minimum absolute atomic E-state index is 0.127. The van der Waals surface area contributed by atoms with Crippen molar-refractivity contribution >= 4 is 17.2 Å². The summed E-state index contributed by atoms with van der Waals surface area (Å²) in [4.78, 5) is 18.3. The van der Waals surface area contributed by atoms with Gasteiger partial charge in [0.25, 0.3) is 0 Å². The first-order chi connectivity index (χ1) is 11.3. The molecule has 1 aliphatic heterocycles. The van der Waals surface area contributed by atoms with E-state index in [1.54, 1.807) is 24.0 Å². The number of rotatable bonds is 7. The normalized spacial score (nSPS) is 18.9. The van der Waals surface area contributed by atoms with Crippen LogP contribution in [0.25, 0.3) is 0 Å². The second kappa shape index (κ2) is 8.21. The van der Waals surface area contributed by atoms with Crippen molar-refractivity contribution in [2.45, 2.75) is 25.8 Å². The zero-order valence-corrected chi connectivity index (χ0v) is 14.0. The molecule has 2 aromatic heterocycles. The molecule has 2 aromatic rings. The topological polar surface area (TPSA) is 63.1 Å². The van der Waals surface area contributed by atoms with Gasteiger partial charge in [-0.05, 0) is 54.1 Å². The van der Waals surface area contributed by atoms with Gasteiger partial charge < -0.3 is 5.32 Å². The molecule has 0 spiro atoms. The van der Waals surface area contributed by atoms with Gasteiger partial charge in [0, 0.05) is 19.6 Å². The summed E-state index contributed by atoms with van der Waals surface area (Å²) >= 11 is 1.70. The predicted molar refractivity (Wildman–Crippen MR) is 90.2 cm³/mol. The van der Waals surface area contributed by atoms with Gasteiger partial charge in [-0.2, -0.15) is 16.4 Å². The molecule has 1 amide bonds. The Hall–Kier alpha value is -1.73. The monoisotopic (exact) mass is 333 g/mol. The fraction of sp³-hybridized carbons (Fsp3) is 0.562. The number of hydrogen-bond acceptors (Lipinski definition) is 5. The Morgan fingerprint density at radius 1 is 1.48 bits per heavy atom. The predicted octanol–water partition coefficient (Wildman–Crippen LogP) is 1.41. The van der Waals surface area contributed by atoms with E-state index in [-0.39, 0.29) is 5.91 Å². The number of amides is 1. The van der Waals surface area contributed by atoms with E-state index in [0.717, 1.165) is 32.5 Å². The number of aromatic nitrogens is 3. The largest absolute Gasteiger partial charge is 0.355 e. The first-order valence-corrected chi connectivity index (χ1v) is 9.06. The van der Waals surface area contributed by atoms with E-state index in [1.165, 1.54) is 12.0 Å². The Balaban J connectivity index is 1.37. The Kier molecular flexibility index (Phi) is 5.76. The number of likely N-dealkylation sites (tertiary alicyclic amines) is 1. The van der Waals surface area contributed by atoms with Crippen molar-refractivity contribution in [3.63, 3.8) is 0 Å². The molecule has 1 atom stereocenters. The van der Waals surface area contributed by atoms with Crippen molar-refractivity contribution in [2.75, 3.05) is 26.2 Å². The van der Waals surface area contributed by atoms with Gasteiger partial charge in [-0.1, -0.05) is 0 Å². The van der Waals surface area contributed by atoms with E-state index < -0.39 is 0 Å². The first kappa shape index (κ1) is 16.1. The molecule has 0 saturated carbocycles. The van der Waals surface area contributed by atoms with Crippen molar-refractivity contribution in [1.82, 2.24) is 25.0 Å². The fourth-order valence-corrected chi connectivity index (χ4v) is 3.78. The summed E-state index contributed by atoms with van der Waals surface area (Å²) in [5.74, 6) is 0.672. The lowest BCUT2D eigenvalue weighted by atomic mass is 9.98. The number of thiophene rings is 1. The highest BCUT2D eigenvalue weighted by atomic mass is 32.1. The molecule has 23 heavy (non-hydrogen) atoms. The van der Waals surface area contributed by atoms with Crippen LogP contribution >= 0.6 is 11.3 Å². The molecule has 3 rings (SSSR count). The maximum absolute atomic E-state index is 12.1. The Labute approximate surface area is 140 Å². The smallest absolute Gasteiger partial charge is 0.234 e. The van der Waals surface area contributed by atoms with E-state index in [0.29, 0.717) is 19.0 Å². The quantitative estimate of drug-likeness (QED) is 0.832. The molecule has 0 unspecified atom stereocenters. The lowest BCUT2D eigenvalue weighted by molar-refractivity contribution is -0.122. The number of carbonyl (C=O) groups excluding carboxylic acids is 1. The van der Waals surface area contributed by atoms with Crippen LogP contribution in [0.5, 0.6) is 0 Å². The van der Waals surface area contributed by atoms with Gasteiger partial charge in [0.15, 0.2) is 0 Å². The lowest BCUT2D eigenvalue weighted by Crippen LogP contribution is -2.43. The number of carbonyl (C=O) groups is 1. The summed E-state index contributed by atoms with van der Waals surface area (Å²) < 4.78 is 1.88. The minimum Gasteiger partial charge on any atom is -0.355 e. The van der Waals surface area contributed by atoms with Crippen LogP contribution in [0.1, 0.15) is 18.4 Å². The maximum atomic E-state index is 12.1. The summed E-state index contributed by atoms with van der Waals surface area (Å²) in [5.41, 5.74) is 1.29. The zero-order valence-electron chi connectivity index (χ0n) is 13.2. The van der Waals surface area contributed by atoms with Crippen LogP contribution in [0.2, 0.25) is 0 Å². The maximum Gasteiger partial charge on any atom is 0.234 e. The molecule has 0 radical (unpaired) electrons. The van der Waals surface area contributed by atoms with Crippen LogP contribution in [0.3, 0.4) is 0 Å². The number of nitrogens with zero attached hydrogens (tertiary/aromatic N) is 4. The van der Waals surface area contributed by atoms with E-state index in [9.17, 15) is 4.79 Å². The molecule has 124 valence electrons. The van der Waals surface area contributed by atoms with Crippen LogP contribution < -0.4 is 5.32 Å². The second-order valence-electron chi connectivity index (χ2n) is 6.09.